The van der Waals surface area contributed by atoms with E-state index in [-0.39, 0.29) is 22.0 Å². The van der Waals surface area contributed by atoms with Gasteiger partial charge in [-0.3, -0.25) is 4.79 Å². The van der Waals surface area contributed by atoms with E-state index in [2.05, 4.69) is 9.84 Å². The lowest BCUT2D eigenvalue weighted by Gasteiger charge is -2.11. The van der Waals surface area contributed by atoms with E-state index < -0.39 is 11.9 Å². The van der Waals surface area contributed by atoms with E-state index in [0.29, 0.717) is 16.3 Å². The molecule has 2 aromatic rings. The Kier molecular flexibility index (Phi) is 5.20. The van der Waals surface area contributed by atoms with Gasteiger partial charge in [0.25, 0.3) is 0 Å². The Bertz CT molecular complexity index is 843. The van der Waals surface area contributed by atoms with Gasteiger partial charge in [-0.25, -0.2) is 9.48 Å². The molecule has 0 atom stereocenters. The highest BCUT2D eigenvalue weighted by molar-refractivity contribution is 6.39. The molecule has 0 aliphatic carbocycles. The zero-order valence-electron chi connectivity index (χ0n) is 13.9. The molecule has 0 aliphatic heterocycles. The minimum Gasteiger partial charge on any atom is -0.437 e. The number of hydrogen-bond acceptors (Lipinski definition) is 5. The smallest absolute Gasteiger partial charge is 0.437 e. The molecule has 0 saturated heterocycles. The van der Waals surface area contributed by atoms with Crippen LogP contribution in [0.2, 0.25) is 10.0 Å². The molecule has 24 heavy (non-hydrogen) atoms. The predicted molar refractivity (Wildman–Crippen MR) is 90.3 cm³/mol. The van der Waals surface area contributed by atoms with Gasteiger partial charge in [-0.05, 0) is 38.0 Å². The highest BCUT2D eigenvalue weighted by atomic mass is 35.5. The summed E-state index contributed by atoms with van der Waals surface area (Å²) in [5, 5.41) is 4.89. The topological polar surface area (TPSA) is 70.4 Å². The fourth-order valence-corrected chi connectivity index (χ4v) is 2.81. The molecule has 0 radical (unpaired) electrons. The number of halogens is 2. The molecular formula is C16H16Cl2N2O4. The number of ether oxygens (including phenoxy) is 2. The first kappa shape index (κ1) is 18.3. The largest absolute Gasteiger partial charge is 0.514 e. The first-order valence-electron chi connectivity index (χ1n) is 6.98. The molecule has 0 unspecified atom stereocenters. The molecule has 0 aliphatic rings. The molecule has 8 heteroatoms. The average Bonchev–Trinajstić information content (AvgIpc) is 2.81. The fraction of sp³-hybridized carbons (Fsp3) is 0.312. The number of methoxy groups -OCH3 is 1. The maximum Gasteiger partial charge on any atom is 0.514 e. The van der Waals surface area contributed by atoms with Gasteiger partial charge < -0.3 is 9.47 Å². The van der Waals surface area contributed by atoms with Crippen LogP contribution < -0.4 is 4.74 Å². The molecule has 0 fully saturated rings. The second-order valence-electron chi connectivity index (χ2n) is 5.27. The van der Waals surface area contributed by atoms with Gasteiger partial charge in [-0.15, -0.1) is 0 Å². The minimum atomic E-state index is -0.943. The molecule has 1 aromatic heterocycles. The molecule has 0 N–H and O–H groups in total. The number of carbonyl (C=O) groups excluding carboxylic acids is 2. The van der Waals surface area contributed by atoms with Crippen LogP contribution in [0.25, 0.3) is 0 Å². The van der Waals surface area contributed by atoms with E-state index >= 15 is 0 Å². The Balaban J connectivity index is 2.61. The van der Waals surface area contributed by atoms with Crippen molar-refractivity contribution in [2.24, 2.45) is 7.05 Å². The zero-order chi connectivity index (χ0) is 18.2. The van der Waals surface area contributed by atoms with Crippen molar-refractivity contribution in [1.29, 1.82) is 0 Å². The third-order valence-corrected chi connectivity index (χ3v) is 4.66. The molecule has 2 rings (SSSR count). The molecular weight excluding hydrogens is 355 g/mol. The molecule has 1 aromatic carbocycles. The van der Waals surface area contributed by atoms with E-state index in [1.165, 1.54) is 11.8 Å². The number of hydrogen-bond donors (Lipinski definition) is 0. The van der Waals surface area contributed by atoms with E-state index in [1.807, 2.05) is 0 Å². The number of rotatable bonds is 3. The first-order chi connectivity index (χ1) is 11.2. The van der Waals surface area contributed by atoms with Crippen molar-refractivity contribution in [2.75, 3.05) is 7.11 Å². The molecule has 1 heterocycles. The van der Waals surface area contributed by atoms with Gasteiger partial charge in [0.05, 0.1) is 17.8 Å². The molecule has 0 saturated carbocycles. The lowest BCUT2D eigenvalue weighted by Crippen LogP contribution is -2.14. The Morgan fingerprint density at radius 1 is 1.17 bits per heavy atom. The van der Waals surface area contributed by atoms with Crippen molar-refractivity contribution in [1.82, 2.24) is 9.78 Å². The first-order valence-corrected chi connectivity index (χ1v) is 7.73. The lowest BCUT2D eigenvalue weighted by molar-refractivity contribution is 0.102. The second-order valence-corrected chi connectivity index (χ2v) is 6.02. The Morgan fingerprint density at radius 3 is 2.38 bits per heavy atom. The normalized spacial score (nSPS) is 10.6. The molecule has 0 amide bonds. The summed E-state index contributed by atoms with van der Waals surface area (Å²) in [6, 6.07) is 1.61. The van der Waals surface area contributed by atoms with Gasteiger partial charge in [0.15, 0.2) is 0 Å². The Morgan fingerprint density at radius 2 is 1.79 bits per heavy atom. The van der Waals surface area contributed by atoms with Crippen molar-refractivity contribution < 1.29 is 19.1 Å². The summed E-state index contributed by atoms with van der Waals surface area (Å²) in [4.78, 5) is 24.4. The lowest BCUT2D eigenvalue weighted by atomic mass is 9.99. The van der Waals surface area contributed by atoms with Crippen LogP contribution in [0, 0.1) is 20.8 Å². The maximum atomic E-state index is 13.0. The van der Waals surface area contributed by atoms with Crippen LogP contribution in [0.15, 0.2) is 6.07 Å². The monoisotopic (exact) mass is 370 g/mol. The van der Waals surface area contributed by atoms with Crippen molar-refractivity contribution in [3.8, 4) is 5.88 Å². The standard InChI is InChI=1S/C16H16Cl2N2O4/c1-7-6-10(13(18)8(2)12(7)17)14(21)11-9(3)19-20(4)15(11)24-16(22)23-5/h6H,1-5H3. The number of carbonyl (C=O) groups is 2. The summed E-state index contributed by atoms with van der Waals surface area (Å²) in [7, 11) is 2.73. The van der Waals surface area contributed by atoms with Crippen LogP contribution in [-0.2, 0) is 11.8 Å². The van der Waals surface area contributed by atoms with Gasteiger partial charge >= 0.3 is 6.16 Å². The molecule has 128 valence electrons. The van der Waals surface area contributed by atoms with Crippen molar-refractivity contribution >= 4 is 35.1 Å². The van der Waals surface area contributed by atoms with Crippen LogP contribution >= 0.6 is 23.2 Å². The minimum absolute atomic E-state index is 0.00864. The third kappa shape index (κ3) is 3.12. The molecule has 0 spiro atoms. The van der Waals surface area contributed by atoms with Gasteiger partial charge in [0, 0.05) is 17.6 Å². The van der Waals surface area contributed by atoms with E-state index in [9.17, 15) is 9.59 Å². The van der Waals surface area contributed by atoms with Crippen LogP contribution in [-0.4, -0.2) is 28.8 Å². The summed E-state index contributed by atoms with van der Waals surface area (Å²) in [6.45, 7) is 5.15. The van der Waals surface area contributed by atoms with E-state index in [0.717, 1.165) is 5.56 Å². The van der Waals surface area contributed by atoms with Crippen molar-refractivity contribution in [3.05, 3.63) is 44.1 Å². The summed E-state index contributed by atoms with van der Waals surface area (Å²) < 4.78 is 10.8. The van der Waals surface area contributed by atoms with Crippen LogP contribution in [0.1, 0.15) is 32.7 Å². The summed E-state index contributed by atoms with van der Waals surface area (Å²) in [5.74, 6) is -0.418. The maximum absolute atomic E-state index is 13.0. The summed E-state index contributed by atoms with van der Waals surface area (Å²) >= 11 is 12.5. The van der Waals surface area contributed by atoms with Gasteiger partial charge in [-0.1, -0.05) is 23.2 Å². The van der Waals surface area contributed by atoms with Crippen LogP contribution in [0.5, 0.6) is 5.88 Å². The number of ketones is 1. The van der Waals surface area contributed by atoms with Crippen molar-refractivity contribution in [3.63, 3.8) is 0 Å². The highest BCUT2D eigenvalue weighted by Crippen LogP contribution is 2.34. The quantitative estimate of drug-likeness (QED) is 0.602. The third-order valence-electron chi connectivity index (χ3n) is 3.59. The molecule has 6 nitrogen and oxygen atoms in total. The average molecular weight is 371 g/mol. The van der Waals surface area contributed by atoms with Gasteiger partial charge in [0.2, 0.25) is 11.7 Å². The summed E-state index contributed by atoms with van der Waals surface area (Å²) in [5.41, 5.74) is 2.15. The van der Waals surface area contributed by atoms with Crippen molar-refractivity contribution in [2.45, 2.75) is 20.8 Å². The SMILES string of the molecule is COC(=O)Oc1c(C(=O)c2cc(C)c(Cl)c(C)c2Cl)c(C)nn1C. The Labute approximate surface area is 149 Å². The van der Waals surface area contributed by atoms with Crippen LogP contribution in [0.3, 0.4) is 0 Å². The highest BCUT2D eigenvalue weighted by Gasteiger charge is 2.27. The Hall–Kier alpha value is -2.05. The molecule has 0 bridgehead atoms. The predicted octanol–water partition coefficient (Wildman–Crippen LogP) is 4.03. The second kappa shape index (κ2) is 6.83. The number of benzene rings is 1. The van der Waals surface area contributed by atoms with Gasteiger partial charge in [-0.2, -0.15) is 5.10 Å². The number of aryl methyl sites for hydroxylation is 3. The van der Waals surface area contributed by atoms with E-state index in [1.54, 1.807) is 33.9 Å². The summed E-state index contributed by atoms with van der Waals surface area (Å²) in [6.07, 6.45) is -0.943. The van der Waals surface area contributed by atoms with Gasteiger partial charge in [0.1, 0.15) is 5.56 Å². The van der Waals surface area contributed by atoms with E-state index in [4.69, 9.17) is 27.9 Å². The number of nitrogens with zero attached hydrogens (tertiary/aromatic N) is 2. The zero-order valence-corrected chi connectivity index (χ0v) is 15.4. The fourth-order valence-electron chi connectivity index (χ4n) is 2.37. The van der Waals surface area contributed by atoms with Crippen LogP contribution in [0.4, 0.5) is 4.79 Å². The number of aromatic nitrogens is 2.